The molecule has 138 valence electrons. The normalized spacial score (nSPS) is 27.8. The molecule has 0 aliphatic carbocycles. The monoisotopic (exact) mass is 392 g/mol. The van der Waals surface area contributed by atoms with Gasteiger partial charge in [-0.05, 0) is 0 Å². The molecular weight excluding hydrogens is 389 g/mol. The fourth-order valence-electron chi connectivity index (χ4n) is 1.59. The van der Waals surface area contributed by atoms with Gasteiger partial charge in [-0.15, -0.1) is 0 Å². The summed E-state index contributed by atoms with van der Waals surface area (Å²) in [5.74, 6) is -3.19. The van der Waals surface area contributed by atoms with E-state index < -0.39 is 56.3 Å². The maximum Gasteiger partial charge on any atom is 0.469 e. The van der Waals surface area contributed by atoms with E-state index >= 15 is 0 Å². The molecule has 1 saturated heterocycles. The summed E-state index contributed by atoms with van der Waals surface area (Å²) in [5, 5.41) is 0. The highest BCUT2D eigenvalue weighted by Crippen LogP contribution is 2.60. The number of nitrogens with zero attached hydrogens (tertiary/aromatic N) is 2. The molecule has 1 aliphatic heterocycles. The van der Waals surface area contributed by atoms with Crippen LogP contribution in [0.4, 0.5) is 48.3 Å². The first-order valence-corrected chi connectivity index (χ1v) is 6.43. The molecule has 0 unspecified atom stereocenters. The second-order valence-electron chi connectivity index (χ2n) is 4.11. The quantitative estimate of drug-likeness (QED) is 0.444. The van der Waals surface area contributed by atoms with E-state index in [1.165, 1.54) is 0 Å². The van der Waals surface area contributed by atoms with Gasteiger partial charge in [-0.25, -0.2) is 0 Å². The van der Waals surface area contributed by atoms with Crippen LogP contribution in [0.15, 0.2) is 0 Å². The zero-order valence-electron chi connectivity index (χ0n) is 9.93. The van der Waals surface area contributed by atoms with Gasteiger partial charge in [-0.2, -0.15) is 61.6 Å². The standard InChI is InChI=1S/C6H3F11N2O3S/c7-2(8)4(11,12)19(6(15,16)17)5(13,14)3(9,10)18(2)1-23(20,21)22/h1H2,(H,20,21,22). The van der Waals surface area contributed by atoms with Crippen molar-refractivity contribution in [3.8, 4) is 0 Å². The van der Waals surface area contributed by atoms with E-state index in [1.54, 1.807) is 0 Å². The SMILES string of the molecule is O=S(=O)(O)CN1C(F)(F)C(F)(F)N(C(F)(F)F)C(F)(F)C1(F)F. The molecule has 0 atom stereocenters. The maximum absolute atomic E-state index is 13.2. The van der Waals surface area contributed by atoms with Crippen LogP contribution in [0, 0.1) is 0 Å². The summed E-state index contributed by atoms with van der Waals surface area (Å²) in [5.41, 5.74) is 0. The van der Waals surface area contributed by atoms with Crippen molar-refractivity contribution in [3.63, 3.8) is 0 Å². The highest BCUT2D eigenvalue weighted by atomic mass is 32.2. The number of halogens is 11. The minimum atomic E-state index is -7.05. The minimum Gasteiger partial charge on any atom is -0.285 e. The van der Waals surface area contributed by atoms with Crippen molar-refractivity contribution in [1.29, 1.82) is 0 Å². The molecule has 1 N–H and O–H groups in total. The van der Waals surface area contributed by atoms with Gasteiger partial charge in [0.1, 0.15) is 5.88 Å². The summed E-state index contributed by atoms with van der Waals surface area (Å²) in [6.07, 6.45) is -7.05. The lowest BCUT2D eigenvalue weighted by Crippen LogP contribution is -2.83. The minimum absolute atomic E-state index is 2.72. The second-order valence-corrected chi connectivity index (χ2v) is 5.53. The van der Waals surface area contributed by atoms with Gasteiger partial charge >= 0.3 is 30.5 Å². The highest BCUT2D eigenvalue weighted by molar-refractivity contribution is 7.85. The summed E-state index contributed by atoms with van der Waals surface area (Å²) in [7, 11) is -6.02. The Morgan fingerprint density at radius 2 is 1.09 bits per heavy atom. The van der Waals surface area contributed by atoms with Gasteiger partial charge in [0.2, 0.25) is 0 Å². The summed E-state index contributed by atoms with van der Waals surface area (Å²) >= 11 is 0. The van der Waals surface area contributed by atoms with E-state index in [9.17, 15) is 56.7 Å². The van der Waals surface area contributed by atoms with Crippen molar-refractivity contribution in [2.75, 3.05) is 5.88 Å². The molecule has 1 fully saturated rings. The van der Waals surface area contributed by atoms with E-state index in [4.69, 9.17) is 4.55 Å². The molecule has 5 nitrogen and oxygen atoms in total. The summed E-state index contributed by atoms with van der Waals surface area (Å²) in [6, 6.07) is -27.5. The Morgan fingerprint density at radius 3 is 1.30 bits per heavy atom. The average molecular weight is 392 g/mol. The molecule has 0 spiro atoms. The molecule has 0 bridgehead atoms. The van der Waals surface area contributed by atoms with E-state index in [0.29, 0.717) is 0 Å². The molecule has 0 aromatic carbocycles. The van der Waals surface area contributed by atoms with E-state index in [0.717, 1.165) is 0 Å². The van der Waals surface area contributed by atoms with E-state index in [-0.39, 0.29) is 0 Å². The van der Waals surface area contributed by atoms with E-state index in [1.807, 2.05) is 0 Å². The van der Waals surface area contributed by atoms with Crippen LogP contribution < -0.4 is 0 Å². The topological polar surface area (TPSA) is 60.9 Å². The number of hydrogen-bond acceptors (Lipinski definition) is 4. The average Bonchev–Trinajstić information content (AvgIpc) is 2.19. The zero-order chi connectivity index (χ0) is 18.9. The Bertz CT molecular complexity index is 557. The lowest BCUT2D eigenvalue weighted by molar-refractivity contribution is -0.548. The van der Waals surface area contributed by atoms with Gasteiger partial charge in [0.25, 0.3) is 10.1 Å². The smallest absolute Gasteiger partial charge is 0.285 e. The lowest BCUT2D eigenvalue weighted by Gasteiger charge is -2.52. The molecule has 1 heterocycles. The Hall–Kier alpha value is -0.940. The molecule has 23 heavy (non-hydrogen) atoms. The van der Waals surface area contributed by atoms with Crippen LogP contribution in [0.2, 0.25) is 0 Å². The van der Waals surface area contributed by atoms with E-state index in [2.05, 4.69) is 0 Å². The fourth-order valence-corrected chi connectivity index (χ4v) is 2.24. The first-order valence-electron chi connectivity index (χ1n) is 4.82. The predicted molar refractivity (Wildman–Crippen MR) is 45.9 cm³/mol. The third-order valence-electron chi connectivity index (χ3n) is 2.51. The summed E-state index contributed by atoms with van der Waals surface area (Å²) in [6.45, 7) is 0. The third-order valence-corrected chi connectivity index (χ3v) is 3.09. The first kappa shape index (κ1) is 20.1. The van der Waals surface area contributed by atoms with Gasteiger partial charge < -0.3 is 0 Å². The molecule has 0 saturated carbocycles. The number of alkyl halides is 11. The maximum atomic E-state index is 13.2. The Morgan fingerprint density at radius 1 is 0.783 bits per heavy atom. The molecule has 1 aliphatic rings. The van der Waals surface area contributed by atoms with Gasteiger partial charge in [-0.1, -0.05) is 4.90 Å². The first-order chi connectivity index (χ1) is 9.71. The number of hydrogen-bond donors (Lipinski definition) is 1. The van der Waals surface area contributed by atoms with Crippen molar-refractivity contribution in [2.45, 2.75) is 30.5 Å². The largest absolute Gasteiger partial charge is 0.469 e. The Balaban J connectivity index is 3.70. The van der Waals surface area contributed by atoms with Gasteiger partial charge in [0, 0.05) is 0 Å². The van der Waals surface area contributed by atoms with Gasteiger partial charge in [0.05, 0.1) is 0 Å². The van der Waals surface area contributed by atoms with Crippen LogP contribution in [-0.2, 0) is 10.1 Å². The van der Waals surface area contributed by atoms with Crippen molar-refractivity contribution >= 4 is 10.1 Å². The predicted octanol–water partition coefficient (Wildman–Crippen LogP) is 2.34. The molecule has 1 rings (SSSR count). The Kier molecular flexibility index (Phi) is 4.19. The van der Waals surface area contributed by atoms with Crippen molar-refractivity contribution in [1.82, 2.24) is 9.80 Å². The molecule has 0 aromatic rings. The van der Waals surface area contributed by atoms with Crippen LogP contribution in [0.5, 0.6) is 0 Å². The van der Waals surface area contributed by atoms with Crippen LogP contribution in [0.1, 0.15) is 0 Å². The zero-order valence-corrected chi connectivity index (χ0v) is 10.7. The molecular formula is C6H3F11N2O3S. The van der Waals surface area contributed by atoms with Gasteiger partial charge in [-0.3, -0.25) is 4.55 Å². The van der Waals surface area contributed by atoms with Crippen molar-refractivity contribution in [2.24, 2.45) is 0 Å². The van der Waals surface area contributed by atoms with Crippen LogP contribution in [0.3, 0.4) is 0 Å². The lowest BCUT2D eigenvalue weighted by atomic mass is 10.2. The van der Waals surface area contributed by atoms with Crippen LogP contribution in [-0.4, -0.2) is 59.1 Å². The molecule has 0 radical (unpaired) electrons. The number of rotatable bonds is 2. The fraction of sp³-hybridized carbons (Fsp3) is 1.00. The Labute approximate surface area is 119 Å². The third kappa shape index (κ3) is 2.82. The van der Waals surface area contributed by atoms with Crippen LogP contribution >= 0.6 is 0 Å². The summed E-state index contributed by atoms with van der Waals surface area (Å²) < 4.78 is 171. The van der Waals surface area contributed by atoms with Gasteiger partial charge in [0.15, 0.2) is 0 Å². The van der Waals surface area contributed by atoms with Crippen LogP contribution in [0.25, 0.3) is 0 Å². The van der Waals surface area contributed by atoms with Crippen molar-refractivity contribution < 1.29 is 61.3 Å². The summed E-state index contributed by atoms with van der Waals surface area (Å²) in [4.78, 5) is -6.40. The second kappa shape index (κ2) is 4.79. The van der Waals surface area contributed by atoms with Crippen molar-refractivity contribution in [3.05, 3.63) is 0 Å². The highest BCUT2D eigenvalue weighted by Gasteiger charge is 2.89. The molecule has 17 heteroatoms. The molecule has 0 amide bonds. The number of piperazine rings is 1. The molecule has 0 aromatic heterocycles.